The number of rotatable bonds is 1. The second-order valence-electron chi connectivity index (χ2n) is 2.99. The summed E-state index contributed by atoms with van der Waals surface area (Å²) in [4.78, 5) is 0. The van der Waals surface area contributed by atoms with Crippen molar-refractivity contribution in [2.24, 2.45) is 0 Å². The van der Waals surface area contributed by atoms with Gasteiger partial charge in [-0.25, -0.2) is 0 Å². The highest BCUT2D eigenvalue weighted by Gasteiger charge is 1.94. The van der Waals surface area contributed by atoms with E-state index >= 15 is 0 Å². The van der Waals surface area contributed by atoms with Crippen molar-refractivity contribution >= 4 is 13.3 Å². The zero-order valence-corrected chi connectivity index (χ0v) is 7.27. The molecular formula is C12H9B. The molecule has 0 fully saturated rings. The van der Waals surface area contributed by atoms with Gasteiger partial charge in [-0.05, 0) is 11.1 Å². The van der Waals surface area contributed by atoms with Crippen LogP contribution in [0, 0.1) is 0 Å². The summed E-state index contributed by atoms with van der Waals surface area (Å²) in [5.41, 5.74) is 3.18. The molecule has 0 unspecified atom stereocenters. The lowest BCUT2D eigenvalue weighted by atomic mass is 9.92. The molecule has 13 heavy (non-hydrogen) atoms. The molecule has 2 radical (unpaired) electrons. The maximum atomic E-state index is 5.70. The quantitative estimate of drug-likeness (QED) is 0.566. The third kappa shape index (κ3) is 1.81. The van der Waals surface area contributed by atoms with E-state index in [0.29, 0.717) is 0 Å². The predicted octanol–water partition coefficient (Wildman–Crippen LogP) is 2.15. The van der Waals surface area contributed by atoms with Crippen molar-refractivity contribution in [2.45, 2.75) is 0 Å². The highest BCUT2D eigenvalue weighted by molar-refractivity contribution is 6.32. The average Bonchev–Trinajstić information content (AvgIpc) is 2.19. The Bertz CT molecular complexity index is 393. The molecule has 2 rings (SSSR count). The van der Waals surface area contributed by atoms with Crippen molar-refractivity contribution in [1.82, 2.24) is 0 Å². The molecule has 0 amide bonds. The van der Waals surface area contributed by atoms with Gasteiger partial charge in [0.05, 0.1) is 0 Å². The number of hydrogen-bond donors (Lipinski definition) is 0. The molecule has 0 aromatic heterocycles. The van der Waals surface area contributed by atoms with E-state index in [4.69, 9.17) is 7.85 Å². The Hall–Kier alpha value is -1.50. The maximum Gasteiger partial charge on any atom is 0.113 e. The van der Waals surface area contributed by atoms with Crippen LogP contribution in [0.25, 0.3) is 11.1 Å². The van der Waals surface area contributed by atoms with Crippen LogP contribution in [0.1, 0.15) is 0 Å². The summed E-state index contributed by atoms with van der Waals surface area (Å²) in [6.45, 7) is 0. The van der Waals surface area contributed by atoms with Gasteiger partial charge in [0.2, 0.25) is 0 Å². The van der Waals surface area contributed by atoms with Crippen LogP contribution in [0.4, 0.5) is 0 Å². The maximum absolute atomic E-state index is 5.70. The monoisotopic (exact) mass is 164 g/mol. The van der Waals surface area contributed by atoms with Gasteiger partial charge in [0.1, 0.15) is 7.85 Å². The first-order chi connectivity index (χ1) is 6.36. The van der Waals surface area contributed by atoms with Gasteiger partial charge in [-0.3, -0.25) is 0 Å². The highest BCUT2D eigenvalue weighted by atomic mass is 14.0. The van der Waals surface area contributed by atoms with Crippen LogP contribution < -0.4 is 5.46 Å². The summed E-state index contributed by atoms with van der Waals surface area (Å²) < 4.78 is 0. The van der Waals surface area contributed by atoms with E-state index in [1.807, 2.05) is 36.4 Å². The van der Waals surface area contributed by atoms with E-state index < -0.39 is 0 Å². The lowest BCUT2D eigenvalue weighted by Gasteiger charge is -2.01. The van der Waals surface area contributed by atoms with Crippen LogP contribution in [0.2, 0.25) is 0 Å². The number of benzene rings is 2. The van der Waals surface area contributed by atoms with Crippen molar-refractivity contribution in [3.05, 3.63) is 54.6 Å². The second kappa shape index (κ2) is 3.48. The van der Waals surface area contributed by atoms with E-state index in [1.54, 1.807) is 0 Å². The van der Waals surface area contributed by atoms with Gasteiger partial charge in [0.25, 0.3) is 0 Å². The zero-order chi connectivity index (χ0) is 9.10. The Labute approximate surface area is 79.6 Å². The molecule has 2 aromatic carbocycles. The Morgan fingerprint density at radius 1 is 0.692 bits per heavy atom. The van der Waals surface area contributed by atoms with Crippen LogP contribution in [0.15, 0.2) is 54.6 Å². The lowest BCUT2D eigenvalue weighted by Crippen LogP contribution is -1.99. The van der Waals surface area contributed by atoms with Gasteiger partial charge < -0.3 is 0 Å². The molecule has 0 aliphatic rings. The molecular weight excluding hydrogens is 155 g/mol. The van der Waals surface area contributed by atoms with E-state index in [9.17, 15) is 0 Å². The minimum absolute atomic E-state index is 0.807. The normalized spacial score (nSPS) is 9.85. The van der Waals surface area contributed by atoms with Gasteiger partial charge in [-0.15, -0.1) is 0 Å². The molecule has 0 spiro atoms. The first kappa shape index (κ1) is 8.12. The Morgan fingerprint density at radius 3 is 2.08 bits per heavy atom. The molecule has 0 bridgehead atoms. The fraction of sp³-hybridized carbons (Fsp3) is 0. The van der Waals surface area contributed by atoms with Crippen molar-refractivity contribution in [3.63, 3.8) is 0 Å². The summed E-state index contributed by atoms with van der Waals surface area (Å²) in [5, 5.41) is 0. The summed E-state index contributed by atoms with van der Waals surface area (Å²) >= 11 is 0. The first-order valence-electron chi connectivity index (χ1n) is 4.27. The van der Waals surface area contributed by atoms with Crippen LogP contribution in [-0.2, 0) is 0 Å². The van der Waals surface area contributed by atoms with Crippen LogP contribution in [0.5, 0.6) is 0 Å². The molecule has 2 aromatic rings. The SMILES string of the molecule is [B]c1cccc(-c2ccccc2)c1. The van der Waals surface area contributed by atoms with Gasteiger partial charge in [-0.1, -0.05) is 60.1 Å². The van der Waals surface area contributed by atoms with Crippen LogP contribution in [0.3, 0.4) is 0 Å². The van der Waals surface area contributed by atoms with E-state index in [0.717, 1.165) is 5.46 Å². The Balaban J connectivity index is 2.48. The molecule has 0 saturated heterocycles. The third-order valence-corrected chi connectivity index (χ3v) is 1.99. The molecule has 0 nitrogen and oxygen atoms in total. The highest BCUT2D eigenvalue weighted by Crippen LogP contribution is 2.16. The average molecular weight is 164 g/mol. The summed E-state index contributed by atoms with van der Waals surface area (Å²) in [6, 6.07) is 18.1. The van der Waals surface area contributed by atoms with Gasteiger partial charge in [-0.2, -0.15) is 0 Å². The molecule has 0 N–H and O–H groups in total. The minimum Gasteiger partial charge on any atom is -0.0961 e. The fourth-order valence-corrected chi connectivity index (χ4v) is 1.35. The molecule has 0 saturated carbocycles. The molecule has 0 heterocycles. The van der Waals surface area contributed by atoms with E-state index in [2.05, 4.69) is 18.2 Å². The van der Waals surface area contributed by atoms with Crippen molar-refractivity contribution in [3.8, 4) is 11.1 Å². The predicted molar refractivity (Wildman–Crippen MR) is 57.3 cm³/mol. The number of hydrogen-bond acceptors (Lipinski definition) is 0. The Kier molecular flexibility index (Phi) is 2.18. The Morgan fingerprint density at radius 2 is 1.38 bits per heavy atom. The van der Waals surface area contributed by atoms with E-state index in [1.165, 1.54) is 11.1 Å². The molecule has 1 heteroatoms. The lowest BCUT2D eigenvalue weighted by molar-refractivity contribution is 1.64. The van der Waals surface area contributed by atoms with Crippen molar-refractivity contribution in [2.75, 3.05) is 0 Å². The first-order valence-corrected chi connectivity index (χ1v) is 4.27. The van der Waals surface area contributed by atoms with E-state index in [-0.39, 0.29) is 0 Å². The zero-order valence-electron chi connectivity index (χ0n) is 7.27. The van der Waals surface area contributed by atoms with Crippen molar-refractivity contribution < 1.29 is 0 Å². The summed E-state index contributed by atoms with van der Waals surface area (Å²) in [6.07, 6.45) is 0. The molecule has 0 aliphatic carbocycles. The minimum atomic E-state index is 0.807. The molecule has 0 aliphatic heterocycles. The third-order valence-electron chi connectivity index (χ3n) is 1.99. The van der Waals surface area contributed by atoms with Gasteiger partial charge in [0, 0.05) is 0 Å². The van der Waals surface area contributed by atoms with Gasteiger partial charge >= 0.3 is 0 Å². The molecule has 60 valence electrons. The topological polar surface area (TPSA) is 0 Å². The smallest absolute Gasteiger partial charge is 0.0961 e. The van der Waals surface area contributed by atoms with Crippen LogP contribution >= 0.6 is 0 Å². The molecule has 0 atom stereocenters. The standard InChI is InChI=1S/C12H9B/c13-12-8-4-7-11(9-12)10-5-2-1-3-6-10/h1-9H. The second-order valence-corrected chi connectivity index (χ2v) is 2.99. The largest absolute Gasteiger partial charge is 0.113 e. The van der Waals surface area contributed by atoms with Gasteiger partial charge in [0.15, 0.2) is 0 Å². The van der Waals surface area contributed by atoms with Crippen molar-refractivity contribution in [1.29, 1.82) is 0 Å². The summed E-state index contributed by atoms with van der Waals surface area (Å²) in [7, 11) is 5.70. The fourth-order valence-electron chi connectivity index (χ4n) is 1.35. The summed E-state index contributed by atoms with van der Waals surface area (Å²) in [5.74, 6) is 0. The van der Waals surface area contributed by atoms with Crippen LogP contribution in [-0.4, -0.2) is 7.85 Å².